The van der Waals surface area contributed by atoms with Crippen LogP contribution in [-0.4, -0.2) is 42.1 Å². The first-order valence-corrected chi connectivity index (χ1v) is 14.2. The Morgan fingerprint density at radius 1 is 0.870 bits per heavy atom. The Morgan fingerprint density at radius 2 is 1.41 bits per heavy atom. The molecule has 11 N–H and O–H groups in total. The molecule has 0 radical (unpaired) electrons. The SMILES string of the molecule is CNc1ccc(-c2nn(C(C)(C)C)c(N)c2C#N)cc1N.Cn1c(N)nc2cc(-c3nn(C(C)(C)C)c(N)c3C(N)=O)ccc21.F. The number of nitrogens with two attached hydrogens (primary N) is 5. The lowest BCUT2D eigenvalue weighted by Gasteiger charge is -2.20. The number of aromatic nitrogens is 6. The molecule has 0 aliphatic carbocycles. The first kappa shape index (κ1) is 34.7. The molecular weight excluding hydrogens is 589 g/mol. The maximum absolute atomic E-state index is 11.9. The Kier molecular flexibility index (Phi) is 9.29. The third-order valence-corrected chi connectivity index (χ3v) is 7.25. The van der Waals surface area contributed by atoms with Crippen molar-refractivity contribution < 1.29 is 9.50 Å². The number of nitrogen functional groups attached to an aromatic ring is 4. The van der Waals surface area contributed by atoms with Crippen molar-refractivity contribution in [1.29, 1.82) is 5.26 Å². The van der Waals surface area contributed by atoms with Crippen molar-refractivity contribution in [3.05, 3.63) is 47.5 Å². The molecule has 0 saturated carbocycles. The quantitative estimate of drug-likeness (QED) is 0.156. The van der Waals surface area contributed by atoms with Gasteiger partial charge in [-0.2, -0.15) is 15.5 Å². The summed E-state index contributed by atoms with van der Waals surface area (Å²) in [6.45, 7) is 11.8. The van der Waals surface area contributed by atoms with Crippen LogP contribution in [0.25, 0.3) is 33.5 Å². The molecule has 244 valence electrons. The van der Waals surface area contributed by atoms with E-state index in [1.54, 1.807) is 27.0 Å². The number of aryl methyl sites for hydroxylation is 1. The van der Waals surface area contributed by atoms with Crippen molar-refractivity contribution in [3.63, 3.8) is 0 Å². The number of nitriles is 1. The highest BCUT2D eigenvalue weighted by atomic mass is 19.0. The van der Waals surface area contributed by atoms with Gasteiger partial charge in [-0.3, -0.25) is 9.50 Å². The second-order valence-corrected chi connectivity index (χ2v) is 12.6. The summed E-state index contributed by atoms with van der Waals surface area (Å²) in [5, 5.41) is 21.4. The molecule has 15 heteroatoms. The van der Waals surface area contributed by atoms with Gasteiger partial charge in [0.1, 0.15) is 40.2 Å². The lowest BCUT2D eigenvalue weighted by molar-refractivity contribution is 0.100. The Bertz CT molecular complexity index is 1960. The highest BCUT2D eigenvalue weighted by Crippen LogP contribution is 2.34. The number of carbonyl (C=O) groups excluding carboxylic acids is 1. The predicted molar refractivity (Wildman–Crippen MR) is 183 cm³/mol. The number of hydrogen-bond acceptors (Lipinski definition) is 10. The van der Waals surface area contributed by atoms with Crippen LogP contribution in [0.15, 0.2) is 36.4 Å². The summed E-state index contributed by atoms with van der Waals surface area (Å²) in [4.78, 5) is 16.2. The summed E-state index contributed by atoms with van der Waals surface area (Å²) in [5.74, 6) is 0.428. The molecule has 46 heavy (non-hydrogen) atoms. The molecule has 0 atom stereocenters. The van der Waals surface area contributed by atoms with Crippen LogP contribution in [-0.2, 0) is 18.1 Å². The second-order valence-electron chi connectivity index (χ2n) is 12.6. The van der Waals surface area contributed by atoms with Gasteiger partial charge >= 0.3 is 0 Å². The number of rotatable bonds is 4. The van der Waals surface area contributed by atoms with E-state index in [1.165, 1.54) is 0 Å². The molecule has 0 aliphatic rings. The Labute approximate surface area is 266 Å². The maximum Gasteiger partial charge on any atom is 0.254 e. The maximum atomic E-state index is 11.9. The van der Waals surface area contributed by atoms with Crippen molar-refractivity contribution >= 4 is 45.9 Å². The van der Waals surface area contributed by atoms with Gasteiger partial charge in [0.05, 0.1) is 33.5 Å². The molecule has 0 unspecified atom stereocenters. The van der Waals surface area contributed by atoms with Gasteiger partial charge in [-0.05, 0) is 65.8 Å². The monoisotopic (exact) mass is 631 g/mol. The summed E-state index contributed by atoms with van der Waals surface area (Å²) in [6.07, 6.45) is 0. The van der Waals surface area contributed by atoms with Gasteiger partial charge in [-0.1, -0.05) is 12.1 Å². The first-order valence-electron chi connectivity index (χ1n) is 14.2. The topological polar surface area (TPSA) is 236 Å². The number of halogens is 1. The molecule has 3 heterocycles. The molecular formula is C31H42FN13O. The lowest BCUT2D eigenvalue weighted by Crippen LogP contribution is -2.25. The minimum absolute atomic E-state index is 0. The van der Waals surface area contributed by atoms with Gasteiger partial charge in [0.25, 0.3) is 5.91 Å². The summed E-state index contributed by atoms with van der Waals surface area (Å²) in [5.41, 5.74) is 35.0. The minimum atomic E-state index is -0.612. The first-order chi connectivity index (χ1) is 20.9. The minimum Gasteiger partial charge on any atom is -0.397 e. The number of hydrogen-bond donors (Lipinski definition) is 6. The summed E-state index contributed by atoms with van der Waals surface area (Å²) >= 11 is 0. The molecule has 5 rings (SSSR count). The Hall–Kier alpha value is -5.78. The van der Waals surface area contributed by atoms with Gasteiger partial charge in [0, 0.05) is 25.2 Å². The van der Waals surface area contributed by atoms with Gasteiger partial charge in [-0.15, -0.1) is 0 Å². The van der Waals surface area contributed by atoms with Gasteiger partial charge in [0.2, 0.25) is 5.95 Å². The van der Waals surface area contributed by atoms with Crippen LogP contribution in [0.5, 0.6) is 0 Å². The number of amides is 1. The fourth-order valence-corrected chi connectivity index (χ4v) is 4.95. The summed E-state index contributed by atoms with van der Waals surface area (Å²) in [7, 11) is 3.64. The molecule has 0 bridgehead atoms. The lowest BCUT2D eigenvalue weighted by atomic mass is 10.1. The van der Waals surface area contributed by atoms with Crippen LogP contribution < -0.4 is 34.0 Å². The molecule has 14 nitrogen and oxygen atoms in total. The largest absolute Gasteiger partial charge is 0.397 e. The van der Waals surface area contributed by atoms with Crippen molar-refractivity contribution in [3.8, 4) is 28.6 Å². The zero-order chi connectivity index (χ0) is 33.6. The standard InChI is InChI=1S/C16H21N7O.C15H20N6.FH/c1-16(2,3)23-13(17)11(14(18)24)12(21-23)8-5-6-10-9(7-8)20-15(19)22(10)4;1-15(2,3)21-14(18)10(8-16)13(20-21)9-5-6-12(19-4)11(17)7-9;/h5-7H,17H2,1-4H3,(H2,18,24)(H2,19,20);5-7,19H,17-18H2,1-4H3;1H. The van der Waals surface area contributed by atoms with Gasteiger partial charge in [-0.25, -0.2) is 14.3 Å². The number of nitrogens with zero attached hydrogens (tertiary/aromatic N) is 7. The van der Waals surface area contributed by atoms with E-state index >= 15 is 0 Å². The fourth-order valence-electron chi connectivity index (χ4n) is 4.95. The fraction of sp³-hybridized carbons (Fsp3) is 0.323. The van der Waals surface area contributed by atoms with E-state index in [-0.39, 0.29) is 27.2 Å². The van der Waals surface area contributed by atoms with Crippen LogP contribution in [0.1, 0.15) is 57.5 Å². The van der Waals surface area contributed by atoms with Crippen LogP contribution in [0, 0.1) is 11.3 Å². The predicted octanol–water partition coefficient (Wildman–Crippen LogP) is 3.99. The zero-order valence-electron chi connectivity index (χ0n) is 27.3. The molecule has 2 aromatic carbocycles. The molecule has 0 saturated heterocycles. The van der Waals surface area contributed by atoms with Crippen molar-refractivity contribution in [2.75, 3.05) is 35.3 Å². The number of nitrogens with one attached hydrogen (secondary N) is 1. The van der Waals surface area contributed by atoms with E-state index in [2.05, 4.69) is 26.6 Å². The summed E-state index contributed by atoms with van der Waals surface area (Å²) < 4.78 is 5.07. The van der Waals surface area contributed by atoms with Crippen LogP contribution in [0.4, 0.5) is 33.7 Å². The number of carbonyl (C=O) groups is 1. The smallest absolute Gasteiger partial charge is 0.254 e. The number of benzene rings is 2. The van der Waals surface area contributed by atoms with E-state index in [0.717, 1.165) is 16.8 Å². The summed E-state index contributed by atoms with van der Waals surface area (Å²) in [6, 6.07) is 13.2. The number of primary amides is 1. The Morgan fingerprint density at radius 3 is 1.93 bits per heavy atom. The van der Waals surface area contributed by atoms with E-state index in [9.17, 15) is 10.1 Å². The average Bonchev–Trinajstić information content (AvgIpc) is 3.58. The third-order valence-electron chi connectivity index (χ3n) is 7.25. The molecule has 3 aromatic heterocycles. The van der Waals surface area contributed by atoms with Crippen molar-refractivity contribution in [2.24, 2.45) is 12.8 Å². The molecule has 0 aliphatic heterocycles. The molecule has 1 amide bonds. The van der Waals surface area contributed by atoms with E-state index in [1.807, 2.05) is 78.9 Å². The van der Waals surface area contributed by atoms with Crippen molar-refractivity contribution in [2.45, 2.75) is 52.6 Å². The highest BCUT2D eigenvalue weighted by molar-refractivity contribution is 6.04. The van der Waals surface area contributed by atoms with E-state index < -0.39 is 5.91 Å². The van der Waals surface area contributed by atoms with Crippen LogP contribution in [0.3, 0.4) is 0 Å². The average molecular weight is 632 g/mol. The van der Waals surface area contributed by atoms with Crippen LogP contribution >= 0.6 is 0 Å². The van der Waals surface area contributed by atoms with Crippen LogP contribution in [0.2, 0.25) is 0 Å². The number of imidazole rings is 1. The second kappa shape index (κ2) is 12.3. The van der Waals surface area contributed by atoms with E-state index in [4.69, 9.17) is 28.7 Å². The molecule has 5 aromatic rings. The van der Waals surface area contributed by atoms with Crippen molar-refractivity contribution in [1.82, 2.24) is 29.1 Å². The van der Waals surface area contributed by atoms with Gasteiger partial charge < -0.3 is 38.6 Å². The Balaban J connectivity index is 0.000000247. The number of anilines is 5. The third kappa shape index (κ3) is 6.23. The normalized spacial score (nSPS) is 11.4. The molecule has 0 spiro atoms. The number of fused-ring (bicyclic) bond motifs is 1. The van der Waals surface area contributed by atoms with E-state index in [0.29, 0.717) is 45.5 Å². The van der Waals surface area contributed by atoms with Gasteiger partial charge in [0.15, 0.2) is 0 Å². The zero-order valence-corrected chi connectivity index (χ0v) is 27.3. The highest BCUT2D eigenvalue weighted by Gasteiger charge is 2.27. The molecule has 0 fully saturated rings.